The van der Waals surface area contributed by atoms with Gasteiger partial charge >= 0.3 is 5.97 Å². The first kappa shape index (κ1) is 17.7. The fourth-order valence-electron chi connectivity index (χ4n) is 3.19. The molecule has 0 bridgehead atoms. The van der Waals surface area contributed by atoms with E-state index in [4.69, 9.17) is 16.3 Å². The summed E-state index contributed by atoms with van der Waals surface area (Å²) < 4.78 is 5.16. The van der Waals surface area contributed by atoms with Crippen molar-refractivity contribution in [2.24, 2.45) is 11.8 Å². The van der Waals surface area contributed by atoms with Crippen molar-refractivity contribution in [3.63, 3.8) is 0 Å². The second-order valence-corrected chi connectivity index (χ2v) is 6.93. The van der Waals surface area contributed by atoms with Crippen LogP contribution in [-0.4, -0.2) is 41.5 Å². The van der Waals surface area contributed by atoms with Crippen LogP contribution >= 0.6 is 11.6 Å². The molecule has 1 aromatic rings. The number of esters is 1. The van der Waals surface area contributed by atoms with Crippen molar-refractivity contribution in [2.75, 3.05) is 19.7 Å². The Hall–Kier alpha value is -1.62. The minimum atomic E-state index is -0.605. The number of aryl methyl sites for hydroxylation is 2. The Labute approximate surface area is 142 Å². The van der Waals surface area contributed by atoms with Gasteiger partial charge in [-0.05, 0) is 43.7 Å². The molecule has 0 N–H and O–H groups in total. The molecule has 0 spiro atoms. The number of pyridine rings is 1. The molecule has 0 aliphatic carbocycles. The molecule has 1 amide bonds. The van der Waals surface area contributed by atoms with Crippen molar-refractivity contribution in [2.45, 2.75) is 34.1 Å². The quantitative estimate of drug-likeness (QED) is 0.628. The Morgan fingerprint density at radius 3 is 2.48 bits per heavy atom. The lowest BCUT2D eigenvalue weighted by molar-refractivity contribution is -0.137. The van der Waals surface area contributed by atoms with Gasteiger partial charge in [0, 0.05) is 18.8 Å². The van der Waals surface area contributed by atoms with Gasteiger partial charge in [-0.15, -0.1) is 0 Å². The van der Waals surface area contributed by atoms with Gasteiger partial charge in [-0.3, -0.25) is 4.79 Å². The first-order valence-corrected chi connectivity index (χ1v) is 8.24. The van der Waals surface area contributed by atoms with Gasteiger partial charge in [-0.25, -0.2) is 9.78 Å². The number of piperidine rings is 1. The number of ether oxygens (including phenoxy) is 1. The standard InChI is InChI=1S/C17H23ClN2O3/c1-10-5-11(2)8-20(7-10)14(21)9-23-17(22)15-12(3)6-13(4)19-16(15)18/h6,10-11H,5,7-9H2,1-4H3/t10-,11+. The van der Waals surface area contributed by atoms with Gasteiger partial charge < -0.3 is 9.64 Å². The molecular weight excluding hydrogens is 316 g/mol. The van der Waals surface area contributed by atoms with Crippen molar-refractivity contribution in [1.82, 2.24) is 9.88 Å². The van der Waals surface area contributed by atoms with E-state index in [0.29, 0.717) is 30.5 Å². The number of hydrogen-bond acceptors (Lipinski definition) is 4. The monoisotopic (exact) mass is 338 g/mol. The number of rotatable bonds is 3. The van der Waals surface area contributed by atoms with Crippen LogP contribution in [0.25, 0.3) is 0 Å². The molecule has 1 fully saturated rings. The van der Waals surface area contributed by atoms with Crippen LogP contribution in [0.2, 0.25) is 5.15 Å². The van der Waals surface area contributed by atoms with Crippen molar-refractivity contribution in [1.29, 1.82) is 0 Å². The number of amides is 1. The SMILES string of the molecule is Cc1cc(C)c(C(=O)OCC(=O)N2C[C@H](C)C[C@H](C)C2)c(Cl)n1. The van der Waals surface area contributed by atoms with Crippen LogP contribution in [-0.2, 0) is 9.53 Å². The first-order chi connectivity index (χ1) is 10.8. The van der Waals surface area contributed by atoms with Crippen molar-refractivity contribution < 1.29 is 14.3 Å². The van der Waals surface area contributed by atoms with E-state index in [-0.39, 0.29) is 23.2 Å². The number of halogens is 1. The van der Waals surface area contributed by atoms with Gasteiger partial charge in [0.2, 0.25) is 0 Å². The lowest BCUT2D eigenvalue weighted by atomic mass is 9.92. The minimum absolute atomic E-state index is 0.111. The molecule has 1 aromatic heterocycles. The van der Waals surface area contributed by atoms with Crippen LogP contribution < -0.4 is 0 Å². The molecule has 23 heavy (non-hydrogen) atoms. The van der Waals surface area contributed by atoms with Gasteiger partial charge in [0.15, 0.2) is 6.61 Å². The zero-order valence-corrected chi connectivity index (χ0v) is 14.8. The van der Waals surface area contributed by atoms with E-state index < -0.39 is 5.97 Å². The summed E-state index contributed by atoms with van der Waals surface area (Å²) in [6, 6.07) is 1.76. The Morgan fingerprint density at radius 2 is 1.91 bits per heavy atom. The molecule has 2 atom stereocenters. The highest BCUT2D eigenvalue weighted by molar-refractivity contribution is 6.32. The molecule has 6 heteroatoms. The number of carbonyl (C=O) groups is 2. The highest BCUT2D eigenvalue weighted by Crippen LogP contribution is 2.22. The molecule has 1 aliphatic rings. The molecule has 1 saturated heterocycles. The topological polar surface area (TPSA) is 59.5 Å². The third-order valence-electron chi connectivity index (χ3n) is 4.05. The van der Waals surface area contributed by atoms with Gasteiger partial charge in [-0.1, -0.05) is 25.4 Å². The maximum atomic E-state index is 12.2. The average molecular weight is 339 g/mol. The van der Waals surface area contributed by atoms with Gasteiger partial charge in [0.25, 0.3) is 5.91 Å². The number of carbonyl (C=O) groups excluding carboxylic acids is 2. The molecular formula is C17H23ClN2O3. The molecule has 1 aliphatic heterocycles. The Balaban J connectivity index is 1.98. The first-order valence-electron chi connectivity index (χ1n) is 7.86. The molecule has 0 aromatic carbocycles. The second kappa shape index (κ2) is 7.30. The summed E-state index contributed by atoms with van der Waals surface area (Å²) in [5.41, 5.74) is 1.65. The lowest BCUT2D eigenvalue weighted by Crippen LogP contribution is -2.44. The van der Waals surface area contributed by atoms with Gasteiger partial charge in [0.1, 0.15) is 5.15 Å². The molecule has 2 rings (SSSR count). The summed E-state index contributed by atoms with van der Waals surface area (Å²) in [6.45, 7) is 9.00. The molecule has 2 heterocycles. The molecule has 126 valence electrons. The summed E-state index contributed by atoms with van der Waals surface area (Å²) in [4.78, 5) is 30.3. The summed E-state index contributed by atoms with van der Waals surface area (Å²) in [5, 5.41) is 0.111. The van der Waals surface area contributed by atoms with E-state index in [2.05, 4.69) is 18.8 Å². The summed E-state index contributed by atoms with van der Waals surface area (Å²) in [5.74, 6) is 0.171. The fraction of sp³-hybridized carbons (Fsp3) is 0.588. The predicted molar refractivity (Wildman–Crippen MR) is 88.5 cm³/mol. The zero-order chi connectivity index (χ0) is 17.1. The number of nitrogens with zero attached hydrogens (tertiary/aromatic N) is 2. The molecule has 0 saturated carbocycles. The van der Waals surface area contributed by atoms with Crippen LogP contribution in [0.4, 0.5) is 0 Å². The van der Waals surface area contributed by atoms with Gasteiger partial charge in [-0.2, -0.15) is 0 Å². The van der Waals surface area contributed by atoms with Crippen molar-refractivity contribution in [3.05, 3.63) is 28.0 Å². The summed E-state index contributed by atoms with van der Waals surface area (Å²) in [6.07, 6.45) is 1.12. The van der Waals surface area contributed by atoms with Crippen LogP contribution in [0.1, 0.15) is 41.9 Å². The Kier molecular flexibility index (Phi) is 5.63. The minimum Gasteiger partial charge on any atom is -0.452 e. The summed E-state index contributed by atoms with van der Waals surface area (Å²) >= 11 is 6.02. The van der Waals surface area contributed by atoms with Crippen LogP contribution in [0.15, 0.2) is 6.07 Å². The van der Waals surface area contributed by atoms with E-state index in [1.54, 1.807) is 24.8 Å². The Bertz CT molecular complexity index is 585. The zero-order valence-electron chi connectivity index (χ0n) is 14.1. The lowest BCUT2D eigenvalue weighted by Gasteiger charge is -2.34. The Morgan fingerprint density at radius 1 is 1.30 bits per heavy atom. The smallest absolute Gasteiger partial charge is 0.342 e. The maximum Gasteiger partial charge on any atom is 0.342 e. The highest BCUT2D eigenvalue weighted by atomic mass is 35.5. The van der Waals surface area contributed by atoms with E-state index in [0.717, 1.165) is 12.1 Å². The molecule has 5 nitrogen and oxygen atoms in total. The van der Waals surface area contributed by atoms with Crippen LogP contribution in [0, 0.1) is 25.7 Å². The maximum absolute atomic E-state index is 12.2. The van der Waals surface area contributed by atoms with E-state index in [9.17, 15) is 9.59 Å². The van der Waals surface area contributed by atoms with Gasteiger partial charge in [0.05, 0.1) is 5.56 Å². The third-order valence-corrected chi connectivity index (χ3v) is 4.33. The normalized spacial score (nSPS) is 21.2. The van der Waals surface area contributed by atoms with Crippen molar-refractivity contribution in [3.8, 4) is 0 Å². The van der Waals surface area contributed by atoms with Crippen molar-refractivity contribution >= 4 is 23.5 Å². The number of aromatic nitrogens is 1. The van der Waals surface area contributed by atoms with E-state index in [1.165, 1.54) is 0 Å². The third kappa shape index (κ3) is 4.44. The van der Waals surface area contributed by atoms with Crippen LogP contribution in [0.3, 0.4) is 0 Å². The predicted octanol–water partition coefficient (Wildman–Crippen LogP) is 3.01. The second-order valence-electron chi connectivity index (χ2n) is 6.57. The number of hydrogen-bond donors (Lipinski definition) is 0. The average Bonchev–Trinajstić information content (AvgIpc) is 2.42. The fourth-order valence-corrected chi connectivity index (χ4v) is 3.55. The van der Waals surface area contributed by atoms with E-state index >= 15 is 0 Å². The molecule has 0 radical (unpaired) electrons. The highest BCUT2D eigenvalue weighted by Gasteiger charge is 2.26. The largest absolute Gasteiger partial charge is 0.452 e. The van der Waals surface area contributed by atoms with Crippen LogP contribution in [0.5, 0.6) is 0 Å². The molecule has 0 unspecified atom stereocenters. The number of likely N-dealkylation sites (tertiary alicyclic amines) is 1. The summed E-state index contributed by atoms with van der Waals surface area (Å²) in [7, 11) is 0. The van der Waals surface area contributed by atoms with E-state index in [1.807, 2.05) is 0 Å².